The molecule has 1 heterocycles. The summed E-state index contributed by atoms with van der Waals surface area (Å²) < 4.78 is 5.51. The smallest absolute Gasteiger partial charge is 0.330 e. The first-order valence-corrected chi connectivity index (χ1v) is 5.43. The van der Waals surface area contributed by atoms with E-state index >= 15 is 0 Å². The van der Waals surface area contributed by atoms with Gasteiger partial charge in [0.1, 0.15) is 0 Å². The van der Waals surface area contributed by atoms with Crippen LogP contribution in [0.3, 0.4) is 0 Å². The van der Waals surface area contributed by atoms with Gasteiger partial charge in [0.05, 0.1) is 17.3 Å². The van der Waals surface area contributed by atoms with E-state index in [0.29, 0.717) is 5.13 Å². The maximum Gasteiger partial charge on any atom is 0.330 e. The number of aromatic nitrogens is 1. The number of ether oxygens (including phenoxy) is 1. The molecule has 4 nitrogen and oxygen atoms in total. The SMILES string of the molecule is COC(=O)C=Cc1ccc2nc(N)sc2c1. The molecule has 1 aromatic carbocycles. The first-order valence-electron chi connectivity index (χ1n) is 4.61. The second-order valence-corrected chi connectivity index (χ2v) is 4.20. The van der Waals surface area contributed by atoms with Crippen LogP contribution < -0.4 is 5.73 Å². The van der Waals surface area contributed by atoms with Crippen molar-refractivity contribution < 1.29 is 9.53 Å². The molecule has 0 saturated carbocycles. The Morgan fingerprint density at radius 1 is 1.56 bits per heavy atom. The number of nitrogens with zero attached hydrogens (tertiary/aromatic N) is 1. The van der Waals surface area contributed by atoms with Gasteiger partial charge in [0, 0.05) is 6.08 Å². The molecule has 0 saturated heterocycles. The van der Waals surface area contributed by atoms with Gasteiger partial charge in [0.25, 0.3) is 0 Å². The number of nitrogens with two attached hydrogens (primary N) is 1. The van der Waals surface area contributed by atoms with Crippen LogP contribution in [0.25, 0.3) is 16.3 Å². The second-order valence-electron chi connectivity index (χ2n) is 3.14. The number of carbonyl (C=O) groups excluding carboxylic acids is 1. The van der Waals surface area contributed by atoms with Gasteiger partial charge in [-0.05, 0) is 23.8 Å². The van der Waals surface area contributed by atoms with Crippen molar-refractivity contribution in [2.45, 2.75) is 0 Å². The number of esters is 1. The Morgan fingerprint density at radius 2 is 2.38 bits per heavy atom. The first kappa shape index (κ1) is 10.6. The number of fused-ring (bicyclic) bond motifs is 1. The van der Waals surface area contributed by atoms with Crippen molar-refractivity contribution in [1.29, 1.82) is 0 Å². The van der Waals surface area contributed by atoms with Crippen LogP contribution in [0.4, 0.5) is 5.13 Å². The Morgan fingerprint density at radius 3 is 3.12 bits per heavy atom. The summed E-state index contributed by atoms with van der Waals surface area (Å²) in [6.45, 7) is 0. The molecule has 2 aromatic rings. The Kier molecular flexibility index (Phi) is 2.87. The van der Waals surface area contributed by atoms with Crippen LogP contribution >= 0.6 is 11.3 Å². The number of nitrogen functional groups attached to an aromatic ring is 1. The summed E-state index contributed by atoms with van der Waals surface area (Å²) in [5.41, 5.74) is 7.39. The molecule has 0 amide bonds. The highest BCUT2D eigenvalue weighted by molar-refractivity contribution is 7.22. The molecule has 82 valence electrons. The number of methoxy groups -OCH3 is 1. The van der Waals surface area contributed by atoms with E-state index in [1.807, 2.05) is 18.2 Å². The van der Waals surface area contributed by atoms with E-state index in [9.17, 15) is 4.79 Å². The zero-order chi connectivity index (χ0) is 11.5. The lowest BCUT2D eigenvalue weighted by molar-refractivity contribution is -0.134. The highest BCUT2D eigenvalue weighted by Crippen LogP contribution is 2.24. The van der Waals surface area contributed by atoms with E-state index in [1.54, 1.807) is 6.08 Å². The average molecular weight is 234 g/mol. The van der Waals surface area contributed by atoms with Gasteiger partial charge in [-0.1, -0.05) is 17.4 Å². The molecule has 0 fully saturated rings. The third-order valence-corrected chi connectivity index (χ3v) is 2.89. The zero-order valence-electron chi connectivity index (χ0n) is 8.64. The minimum absolute atomic E-state index is 0.371. The molecule has 0 unspecified atom stereocenters. The summed E-state index contributed by atoms with van der Waals surface area (Å²) >= 11 is 1.42. The minimum atomic E-state index is -0.371. The molecule has 0 bridgehead atoms. The molecule has 2 N–H and O–H groups in total. The molecule has 0 aliphatic carbocycles. The molecule has 16 heavy (non-hydrogen) atoms. The van der Waals surface area contributed by atoms with Crippen LogP contribution in [-0.4, -0.2) is 18.1 Å². The van der Waals surface area contributed by atoms with Gasteiger partial charge in [-0.25, -0.2) is 9.78 Å². The number of benzene rings is 1. The van der Waals surface area contributed by atoms with E-state index in [0.717, 1.165) is 15.8 Å². The molecule has 0 atom stereocenters. The number of rotatable bonds is 2. The van der Waals surface area contributed by atoms with Crippen LogP contribution in [-0.2, 0) is 9.53 Å². The minimum Gasteiger partial charge on any atom is -0.466 e. The van der Waals surface area contributed by atoms with Gasteiger partial charge in [-0.2, -0.15) is 0 Å². The van der Waals surface area contributed by atoms with Crippen LogP contribution in [0.1, 0.15) is 5.56 Å². The predicted molar refractivity (Wildman–Crippen MR) is 65.1 cm³/mol. The van der Waals surface area contributed by atoms with Crippen LogP contribution in [0.15, 0.2) is 24.3 Å². The largest absolute Gasteiger partial charge is 0.466 e. The van der Waals surface area contributed by atoms with Crippen molar-refractivity contribution >= 4 is 38.7 Å². The highest BCUT2D eigenvalue weighted by Gasteiger charge is 2.00. The molecule has 0 aliphatic heterocycles. The number of hydrogen-bond donors (Lipinski definition) is 1. The molecule has 0 spiro atoms. The fourth-order valence-electron chi connectivity index (χ4n) is 1.30. The fraction of sp³-hybridized carbons (Fsp3) is 0.0909. The van der Waals surface area contributed by atoms with E-state index in [2.05, 4.69) is 9.72 Å². The van der Waals surface area contributed by atoms with Gasteiger partial charge >= 0.3 is 5.97 Å². The number of anilines is 1. The van der Waals surface area contributed by atoms with Crippen molar-refractivity contribution in [1.82, 2.24) is 4.98 Å². The molecule has 1 aromatic heterocycles. The molecule has 0 radical (unpaired) electrons. The molecule has 0 aliphatic rings. The van der Waals surface area contributed by atoms with Crippen LogP contribution in [0, 0.1) is 0 Å². The lowest BCUT2D eigenvalue weighted by atomic mass is 10.2. The Balaban J connectivity index is 2.32. The van der Waals surface area contributed by atoms with Crippen LogP contribution in [0.5, 0.6) is 0 Å². The van der Waals surface area contributed by atoms with Crippen LogP contribution in [0.2, 0.25) is 0 Å². The topological polar surface area (TPSA) is 65.2 Å². The lowest BCUT2D eigenvalue weighted by Gasteiger charge is -1.93. The molecular weight excluding hydrogens is 224 g/mol. The van der Waals surface area contributed by atoms with Crippen molar-refractivity contribution in [3.05, 3.63) is 29.8 Å². The average Bonchev–Trinajstić information content (AvgIpc) is 2.65. The van der Waals surface area contributed by atoms with Crippen molar-refractivity contribution in [2.24, 2.45) is 0 Å². The van der Waals surface area contributed by atoms with Gasteiger partial charge in [0.2, 0.25) is 0 Å². The van der Waals surface area contributed by atoms with Gasteiger partial charge in [-0.3, -0.25) is 0 Å². The van der Waals surface area contributed by atoms with Gasteiger partial charge in [-0.15, -0.1) is 0 Å². The van der Waals surface area contributed by atoms with Gasteiger partial charge < -0.3 is 10.5 Å². The number of carbonyl (C=O) groups is 1. The Labute approximate surface area is 96.4 Å². The Bertz CT molecular complexity index is 560. The van der Waals surface area contributed by atoms with Gasteiger partial charge in [0.15, 0.2) is 5.13 Å². The van der Waals surface area contributed by atoms with Crippen molar-refractivity contribution in [2.75, 3.05) is 12.8 Å². The normalized spacial score (nSPS) is 11.1. The summed E-state index contributed by atoms with van der Waals surface area (Å²) in [6.07, 6.45) is 3.08. The second kappa shape index (κ2) is 4.32. The number of thiazole rings is 1. The standard InChI is InChI=1S/C11H10N2O2S/c1-15-10(14)5-3-7-2-4-8-9(6-7)16-11(12)13-8/h2-6H,1H3,(H2,12,13). The molecular formula is C11H10N2O2S. The summed E-state index contributed by atoms with van der Waals surface area (Å²) in [5.74, 6) is -0.371. The summed E-state index contributed by atoms with van der Waals surface area (Å²) in [5, 5.41) is 0.545. The monoisotopic (exact) mass is 234 g/mol. The quantitative estimate of drug-likeness (QED) is 0.638. The summed E-state index contributed by atoms with van der Waals surface area (Å²) in [4.78, 5) is 15.1. The van der Waals surface area contributed by atoms with Crippen molar-refractivity contribution in [3.8, 4) is 0 Å². The Hall–Kier alpha value is -1.88. The molecule has 5 heteroatoms. The number of hydrogen-bond acceptors (Lipinski definition) is 5. The zero-order valence-corrected chi connectivity index (χ0v) is 9.45. The van der Waals surface area contributed by atoms with Crippen molar-refractivity contribution in [3.63, 3.8) is 0 Å². The summed E-state index contributed by atoms with van der Waals surface area (Å²) in [7, 11) is 1.35. The maximum atomic E-state index is 10.9. The van der Waals surface area contributed by atoms with E-state index in [-0.39, 0.29) is 5.97 Å². The summed E-state index contributed by atoms with van der Waals surface area (Å²) in [6, 6.07) is 5.68. The van der Waals surface area contributed by atoms with E-state index in [4.69, 9.17) is 5.73 Å². The predicted octanol–water partition coefficient (Wildman–Crippen LogP) is 2.06. The third kappa shape index (κ3) is 2.20. The van der Waals surface area contributed by atoms with E-state index in [1.165, 1.54) is 24.5 Å². The lowest BCUT2D eigenvalue weighted by Crippen LogP contribution is -1.93. The van der Waals surface area contributed by atoms with E-state index < -0.39 is 0 Å². The maximum absolute atomic E-state index is 10.9. The third-order valence-electron chi connectivity index (χ3n) is 2.04. The highest BCUT2D eigenvalue weighted by atomic mass is 32.1. The first-order chi connectivity index (χ1) is 7.69. The molecule has 2 rings (SSSR count). The fourth-order valence-corrected chi connectivity index (χ4v) is 2.08.